The highest BCUT2D eigenvalue weighted by molar-refractivity contribution is 7.11. The van der Waals surface area contributed by atoms with Gasteiger partial charge in [0.25, 0.3) is 0 Å². The van der Waals surface area contributed by atoms with E-state index in [1.165, 1.54) is 21.9 Å². The van der Waals surface area contributed by atoms with E-state index in [9.17, 15) is 0 Å². The lowest BCUT2D eigenvalue weighted by Gasteiger charge is -2.40. The fourth-order valence-corrected chi connectivity index (χ4v) is 3.80. The van der Waals surface area contributed by atoms with Gasteiger partial charge in [0.2, 0.25) is 0 Å². The van der Waals surface area contributed by atoms with Crippen molar-refractivity contribution < 1.29 is 0 Å². The van der Waals surface area contributed by atoms with E-state index >= 15 is 0 Å². The van der Waals surface area contributed by atoms with Gasteiger partial charge in [0, 0.05) is 36.2 Å². The van der Waals surface area contributed by atoms with Gasteiger partial charge in [-0.15, -0.1) is 11.3 Å². The standard InChI is InChI=1S/C17H23N3S/c1-3-15-11-20(12-17-19-9-13(2)21-17)16(10-18-15)14-7-5-4-6-8-14/h4-9,15-16,18H,3,10-12H2,1-2H3. The third-order valence-corrected chi connectivity index (χ3v) is 5.08. The summed E-state index contributed by atoms with van der Waals surface area (Å²) >= 11 is 1.81. The molecule has 2 aromatic rings. The second-order valence-electron chi connectivity index (χ2n) is 5.73. The van der Waals surface area contributed by atoms with E-state index in [1.807, 2.05) is 17.5 Å². The lowest BCUT2D eigenvalue weighted by molar-refractivity contribution is 0.120. The first kappa shape index (κ1) is 14.7. The van der Waals surface area contributed by atoms with Gasteiger partial charge >= 0.3 is 0 Å². The highest BCUT2D eigenvalue weighted by Gasteiger charge is 2.28. The van der Waals surface area contributed by atoms with Gasteiger partial charge in [-0.3, -0.25) is 4.90 Å². The van der Waals surface area contributed by atoms with Crippen LogP contribution in [0.3, 0.4) is 0 Å². The molecule has 2 heterocycles. The van der Waals surface area contributed by atoms with Crippen LogP contribution in [-0.4, -0.2) is 29.0 Å². The largest absolute Gasteiger partial charge is 0.311 e. The summed E-state index contributed by atoms with van der Waals surface area (Å²) in [5, 5.41) is 4.91. The second kappa shape index (κ2) is 6.69. The molecular weight excluding hydrogens is 278 g/mol. The number of nitrogens with zero attached hydrogens (tertiary/aromatic N) is 2. The summed E-state index contributed by atoms with van der Waals surface area (Å²) in [7, 11) is 0. The summed E-state index contributed by atoms with van der Waals surface area (Å²) in [5.41, 5.74) is 1.40. The van der Waals surface area contributed by atoms with Crippen molar-refractivity contribution in [3.8, 4) is 0 Å². The van der Waals surface area contributed by atoms with Crippen LogP contribution in [-0.2, 0) is 6.54 Å². The van der Waals surface area contributed by atoms with Gasteiger partial charge in [-0.2, -0.15) is 0 Å². The van der Waals surface area contributed by atoms with E-state index in [0.29, 0.717) is 12.1 Å². The highest BCUT2D eigenvalue weighted by atomic mass is 32.1. The minimum absolute atomic E-state index is 0.443. The number of aromatic nitrogens is 1. The topological polar surface area (TPSA) is 28.2 Å². The summed E-state index contributed by atoms with van der Waals surface area (Å²) in [6.45, 7) is 7.45. The zero-order valence-corrected chi connectivity index (χ0v) is 13.6. The van der Waals surface area contributed by atoms with Crippen LogP contribution in [0, 0.1) is 6.92 Å². The van der Waals surface area contributed by atoms with Crippen LogP contribution >= 0.6 is 11.3 Å². The summed E-state index contributed by atoms with van der Waals surface area (Å²) in [6.07, 6.45) is 3.16. The van der Waals surface area contributed by atoms with Crippen molar-refractivity contribution in [2.24, 2.45) is 0 Å². The maximum Gasteiger partial charge on any atom is 0.107 e. The Bertz CT molecular complexity index is 566. The normalized spacial score (nSPS) is 23.3. The molecule has 0 bridgehead atoms. The Morgan fingerprint density at radius 3 is 2.81 bits per heavy atom. The molecule has 1 aliphatic rings. The first-order valence-corrected chi connectivity index (χ1v) is 8.51. The van der Waals surface area contributed by atoms with Crippen molar-refractivity contribution in [3.63, 3.8) is 0 Å². The van der Waals surface area contributed by atoms with E-state index in [-0.39, 0.29) is 0 Å². The minimum atomic E-state index is 0.443. The third-order valence-electron chi connectivity index (χ3n) is 4.18. The van der Waals surface area contributed by atoms with Gasteiger partial charge in [0.05, 0.1) is 6.54 Å². The molecule has 3 nitrogen and oxygen atoms in total. The molecule has 0 saturated carbocycles. The van der Waals surface area contributed by atoms with Crippen LogP contribution in [0.2, 0.25) is 0 Å². The number of nitrogens with one attached hydrogen (secondary N) is 1. The first-order valence-electron chi connectivity index (χ1n) is 7.70. The number of rotatable bonds is 4. The van der Waals surface area contributed by atoms with Gasteiger partial charge in [0.15, 0.2) is 0 Å². The molecule has 0 aliphatic carbocycles. The molecule has 1 N–H and O–H groups in total. The summed E-state index contributed by atoms with van der Waals surface area (Å²) in [5.74, 6) is 0. The molecule has 0 radical (unpaired) electrons. The van der Waals surface area contributed by atoms with Crippen LogP contribution in [0.5, 0.6) is 0 Å². The van der Waals surface area contributed by atoms with Crippen molar-refractivity contribution in [3.05, 3.63) is 52.0 Å². The summed E-state index contributed by atoms with van der Waals surface area (Å²) in [4.78, 5) is 8.42. The molecule has 1 saturated heterocycles. The third kappa shape index (κ3) is 3.51. The quantitative estimate of drug-likeness (QED) is 0.938. The lowest BCUT2D eigenvalue weighted by atomic mass is 10.0. The smallest absolute Gasteiger partial charge is 0.107 e. The van der Waals surface area contributed by atoms with Crippen LogP contribution in [0.15, 0.2) is 36.5 Å². The molecule has 0 amide bonds. The van der Waals surface area contributed by atoms with Gasteiger partial charge in [-0.25, -0.2) is 4.98 Å². The van der Waals surface area contributed by atoms with E-state index in [0.717, 1.165) is 19.6 Å². The number of thiazole rings is 1. The Kier molecular flexibility index (Phi) is 4.68. The zero-order valence-electron chi connectivity index (χ0n) is 12.7. The Balaban J connectivity index is 1.80. The maximum atomic E-state index is 4.55. The van der Waals surface area contributed by atoms with Gasteiger partial charge in [-0.05, 0) is 18.9 Å². The lowest BCUT2D eigenvalue weighted by Crippen LogP contribution is -2.51. The molecule has 1 aliphatic heterocycles. The molecule has 21 heavy (non-hydrogen) atoms. The summed E-state index contributed by atoms with van der Waals surface area (Å²) in [6, 6.07) is 11.9. The monoisotopic (exact) mass is 301 g/mol. The molecule has 4 heteroatoms. The molecule has 1 fully saturated rings. The van der Waals surface area contributed by atoms with Gasteiger partial charge in [0.1, 0.15) is 5.01 Å². The van der Waals surface area contributed by atoms with Crippen LogP contribution in [0.4, 0.5) is 0 Å². The van der Waals surface area contributed by atoms with E-state index < -0.39 is 0 Å². The predicted molar refractivity (Wildman–Crippen MR) is 88.5 cm³/mol. The Morgan fingerprint density at radius 1 is 1.33 bits per heavy atom. The molecule has 112 valence electrons. The number of hydrogen-bond acceptors (Lipinski definition) is 4. The minimum Gasteiger partial charge on any atom is -0.311 e. The zero-order chi connectivity index (χ0) is 14.7. The number of piperazine rings is 1. The Labute approximate surface area is 131 Å². The fraction of sp³-hybridized carbons (Fsp3) is 0.471. The van der Waals surface area contributed by atoms with Crippen LogP contribution in [0.1, 0.15) is 34.8 Å². The molecule has 1 aromatic carbocycles. The second-order valence-corrected chi connectivity index (χ2v) is 7.05. The van der Waals surface area contributed by atoms with Crippen molar-refractivity contribution in [1.29, 1.82) is 0 Å². The fourth-order valence-electron chi connectivity index (χ4n) is 2.98. The van der Waals surface area contributed by atoms with Crippen molar-refractivity contribution >= 4 is 11.3 Å². The van der Waals surface area contributed by atoms with E-state index in [2.05, 4.69) is 59.4 Å². The van der Waals surface area contributed by atoms with E-state index in [1.54, 1.807) is 0 Å². The number of benzene rings is 1. The van der Waals surface area contributed by atoms with Gasteiger partial charge in [-0.1, -0.05) is 37.3 Å². The van der Waals surface area contributed by atoms with E-state index in [4.69, 9.17) is 0 Å². The van der Waals surface area contributed by atoms with Crippen molar-refractivity contribution in [2.45, 2.75) is 38.9 Å². The number of hydrogen-bond donors (Lipinski definition) is 1. The van der Waals surface area contributed by atoms with Crippen LogP contribution < -0.4 is 5.32 Å². The predicted octanol–water partition coefficient (Wildman–Crippen LogP) is 3.38. The average Bonchev–Trinajstić information content (AvgIpc) is 2.93. The first-order chi connectivity index (χ1) is 10.3. The number of aryl methyl sites for hydroxylation is 1. The molecular formula is C17H23N3S. The average molecular weight is 301 g/mol. The highest BCUT2D eigenvalue weighted by Crippen LogP contribution is 2.27. The SMILES string of the molecule is CCC1CN(Cc2ncc(C)s2)C(c2ccccc2)CN1. The molecule has 0 spiro atoms. The molecule has 2 unspecified atom stereocenters. The molecule has 2 atom stereocenters. The Hall–Kier alpha value is -1.23. The van der Waals surface area contributed by atoms with Crippen molar-refractivity contribution in [2.75, 3.05) is 13.1 Å². The molecule has 1 aromatic heterocycles. The van der Waals surface area contributed by atoms with Gasteiger partial charge < -0.3 is 5.32 Å². The Morgan fingerprint density at radius 2 is 2.14 bits per heavy atom. The maximum absolute atomic E-state index is 4.55. The molecule has 3 rings (SSSR count). The van der Waals surface area contributed by atoms with Crippen molar-refractivity contribution in [1.82, 2.24) is 15.2 Å². The summed E-state index contributed by atoms with van der Waals surface area (Å²) < 4.78 is 0. The van der Waals surface area contributed by atoms with Crippen LogP contribution in [0.25, 0.3) is 0 Å².